The maximum atomic E-state index is 14.2. The van der Waals surface area contributed by atoms with E-state index in [2.05, 4.69) is 5.32 Å². The summed E-state index contributed by atoms with van der Waals surface area (Å²) < 4.78 is 14.2. The van der Waals surface area contributed by atoms with Crippen LogP contribution in [0.5, 0.6) is 0 Å². The Morgan fingerprint density at radius 1 is 1.14 bits per heavy atom. The number of rotatable bonds is 9. The van der Waals surface area contributed by atoms with E-state index < -0.39 is 11.9 Å². The van der Waals surface area contributed by atoms with Crippen molar-refractivity contribution in [3.63, 3.8) is 0 Å². The lowest BCUT2D eigenvalue weighted by molar-refractivity contribution is -0.140. The summed E-state index contributed by atoms with van der Waals surface area (Å²) in [5, 5.41) is 3.58. The lowest BCUT2D eigenvalue weighted by Crippen LogP contribution is -2.48. The first kappa shape index (κ1) is 23.2. The molecule has 2 aromatic carbocycles. The maximum absolute atomic E-state index is 14.2. The summed E-state index contributed by atoms with van der Waals surface area (Å²) in [6.45, 7) is 4.21. The molecule has 2 aromatic rings. The number of unbranched alkanes of at least 4 members (excludes halogenated alkanes) is 1. The summed E-state index contributed by atoms with van der Waals surface area (Å²) >= 11 is 12.0. The second-order valence-corrected chi connectivity index (χ2v) is 7.67. The van der Waals surface area contributed by atoms with Gasteiger partial charge in [0.2, 0.25) is 11.8 Å². The van der Waals surface area contributed by atoms with Crippen LogP contribution >= 0.6 is 23.2 Å². The van der Waals surface area contributed by atoms with E-state index in [0.29, 0.717) is 27.7 Å². The molecule has 0 fully saturated rings. The zero-order valence-electron chi connectivity index (χ0n) is 16.6. The molecule has 0 spiro atoms. The van der Waals surface area contributed by atoms with Gasteiger partial charge in [0.05, 0.1) is 16.5 Å². The van der Waals surface area contributed by atoms with Crippen LogP contribution in [0.15, 0.2) is 42.5 Å². The fourth-order valence-corrected chi connectivity index (χ4v) is 3.18. The highest BCUT2D eigenvalue weighted by Crippen LogP contribution is 2.23. The van der Waals surface area contributed by atoms with E-state index in [9.17, 15) is 14.0 Å². The van der Waals surface area contributed by atoms with Crippen LogP contribution < -0.4 is 5.32 Å². The van der Waals surface area contributed by atoms with Crippen LogP contribution in [-0.2, 0) is 22.6 Å². The Morgan fingerprint density at radius 2 is 1.86 bits per heavy atom. The van der Waals surface area contributed by atoms with Gasteiger partial charge in [-0.25, -0.2) is 4.39 Å². The monoisotopic (exact) mass is 438 g/mol. The van der Waals surface area contributed by atoms with E-state index in [4.69, 9.17) is 23.2 Å². The number of nitrogens with zero attached hydrogens (tertiary/aromatic N) is 1. The molecule has 0 saturated heterocycles. The quantitative estimate of drug-likeness (QED) is 0.559. The van der Waals surface area contributed by atoms with Crippen molar-refractivity contribution in [1.29, 1.82) is 0 Å². The Bertz CT molecular complexity index is 860. The molecule has 0 bridgehead atoms. The number of benzene rings is 2. The van der Waals surface area contributed by atoms with Crippen LogP contribution in [0.4, 0.5) is 4.39 Å². The molecule has 0 saturated carbocycles. The molecule has 0 heterocycles. The van der Waals surface area contributed by atoms with Gasteiger partial charge in [-0.1, -0.05) is 60.8 Å². The van der Waals surface area contributed by atoms with Crippen molar-refractivity contribution >= 4 is 35.0 Å². The molecule has 1 atom stereocenters. The first-order valence-corrected chi connectivity index (χ1v) is 10.3. The summed E-state index contributed by atoms with van der Waals surface area (Å²) in [5.41, 5.74) is 1.02. The summed E-state index contributed by atoms with van der Waals surface area (Å²) in [7, 11) is 0. The van der Waals surface area contributed by atoms with Crippen LogP contribution in [-0.4, -0.2) is 29.3 Å². The summed E-state index contributed by atoms with van der Waals surface area (Å²) in [4.78, 5) is 27.0. The van der Waals surface area contributed by atoms with Gasteiger partial charge in [-0.3, -0.25) is 9.59 Å². The number of carbonyl (C=O) groups is 2. The first-order valence-electron chi connectivity index (χ1n) is 9.58. The zero-order valence-corrected chi connectivity index (χ0v) is 18.1. The third kappa shape index (κ3) is 6.72. The minimum Gasteiger partial charge on any atom is -0.354 e. The topological polar surface area (TPSA) is 49.4 Å². The van der Waals surface area contributed by atoms with Gasteiger partial charge in [0.1, 0.15) is 11.9 Å². The molecule has 0 aliphatic rings. The van der Waals surface area contributed by atoms with Gasteiger partial charge in [0.25, 0.3) is 0 Å². The molecule has 0 unspecified atom stereocenters. The normalized spacial score (nSPS) is 11.8. The molecule has 7 heteroatoms. The van der Waals surface area contributed by atoms with E-state index >= 15 is 0 Å². The molecule has 156 valence electrons. The highest BCUT2D eigenvalue weighted by Gasteiger charge is 2.26. The number of amides is 2. The van der Waals surface area contributed by atoms with E-state index in [-0.39, 0.29) is 24.8 Å². The molecular formula is C22H25Cl2FN2O2. The average molecular weight is 439 g/mol. The fraction of sp³-hybridized carbons (Fsp3) is 0.364. The Hall–Kier alpha value is -2.11. The van der Waals surface area contributed by atoms with Gasteiger partial charge in [-0.2, -0.15) is 0 Å². The van der Waals surface area contributed by atoms with Gasteiger partial charge in [-0.05, 0) is 37.1 Å². The second kappa shape index (κ2) is 11.2. The standard InChI is InChI=1S/C22H25Cl2FN2O2/c1-3-4-11-26-22(29)15(2)27(14-17-7-5-6-8-20(17)25)21(28)13-16-9-10-18(23)19(24)12-16/h5-10,12,15H,3-4,11,13-14H2,1-2H3,(H,26,29)/t15-/m0/s1. The Balaban J connectivity index is 2.22. The molecule has 0 radical (unpaired) electrons. The second-order valence-electron chi connectivity index (χ2n) is 6.86. The molecular weight excluding hydrogens is 414 g/mol. The van der Waals surface area contributed by atoms with Crippen molar-refractivity contribution in [2.24, 2.45) is 0 Å². The van der Waals surface area contributed by atoms with E-state index in [1.165, 1.54) is 11.0 Å². The number of hydrogen-bond donors (Lipinski definition) is 1. The fourth-order valence-electron chi connectivity index (χ4n) is 2.85. The number of hydrogen-bond acceptors (Lipinski definition) is 2. The van der Waals surface area contributed by atoms with Gasteiger partial charge >= 0.3 is 0 Å². The van der Waals surface area contributed by atoms with Crippen molar-refractivity contribution in [2.45, 2.75) is 45.7 Å². The van der Waals surface area contributed by atoms with Crippen molar-refractivity contribution in [3.05, 3.63) is 69.5 Å². The van der Waals surface area contributed by atoms with Crippen molar-refractivity contribution in [2.75, 3.05) is 6.54 Å². The number of halogens is 3. The van der Waals surface area contributed by atoms with Crippen LogP contribution in [0.1, 0.15) is 37.8 Å². The average Bonchev–Trinajstić information content (AvgIpc) is 2.69. The summed E-state index contributed by atoms with van der Waals surface area (Å²) in [6, 6.07) is 10.4. The third-order valence-corrected chi connectivity index (χ3v) is 5.37. The van der Waals surface area contributed by atoms with Gasteiger partial charge in [0.15, 0.2) is 0 Å². The van der Waals surface area contributed by atoms with Gasteiger partial charge in [0, 0.05) is 18.7 Å². The first-order chi connectivity index (χ1) is 13.8. The molecule has 2 rings (SSSR count). The Kier molecular flexibility index (Phi) is 8.93. The predicted octanol–water partition coefficient (Wildman–Crippen LogP) is 5.01. The van der Waals surface area contributed by atoms with E-state index in [0.717, 1.165) is 12.8 Å². The lowest BCUT2D eigenvalue weighted by atomic mass is 10.1. The highest BCUT2D eigenvalue weighted by molar-refractivity contribution is 6.42. The summed E-state index contributed by atoms with van der Waals surface area (Å²) in [6.07, 6.45) is 1.82. The largest absolute Gasteiger partial charge is 0.354 e. The maximum Gasteiger partial charge on any atom is 0.242 e. The molecule has 1 N–H and O–H groups in total. The van der Waals surface area contributed by atoms with Crippen LogP contribution in [0, 0.1) is 5.82 Å². The van der Waals surface area contributed by atoms with E-state index in [1.807, 2.05) is 6.92 Å². The van der Waals surface area contributed by atoms with Crippen molar-refractivity contribution < 1.29 is 14.0 Å². The van der Waals surface area contributed by atoms with Gasteiger partial charge < -0.3 is 10.2 Å². The summed E-state index contributed by atoms with van der Waals surface area (Å²) in [5.74, 6) is -0.986. The van der Waals surface area contributed by atoms with Crippen molar-refractivity contribution in [1.82, 2.24) is 10.2 Å². The predicted molar refractivity (Wildman–Crippen MR) is 114 cm³/mol. The minimum absolute atomic E-state index is 0.00477. The zero-order chi connectivity index (χ0) is 21.4. The van der Waals surface area contributed by atoms with Crippen LogP contribution in [0.25, 0.3) is 0 Å². The molecule has 2 amide bonds. The Morgan fingerprint density at radius 3 is 2.52 bits per heavy atom. The van der Waals surface area contributed by atoms with Crippen LogP contribution in [0.2, 0.25) is 10.0 Å². The molecule has 0 aromatic heterocycles. The van der Waals surface area contributed by atoms with Crippen molar-refractivity contribution in [3.8, 4) is 0 Å². The highest BCUT2D eigenvalue weighted by atomic mass is 35.5. The minimum atomic E-state index is -0.748. The lowest BCUT2D eigenvalue weighted by Gasteiger charge is -2.29. The Labute approximate surface area is 181 Å². The molecule has 0 aliphatic heterocycles. The SMILES string of the molecule is CCCCNC(=O)[C@H](C)N(Cc1ccccc1F)C(=O)Cc1ccc(Cl)c(Cl)c1. The molecule has 29 heavy (non-hydrogen) atoms. The third-order valence-electron chi connectivity index (χ3n) is 4.63. The van der Waals surface area contributed by atoms with Crippen LogP contribution in [0.3, 0.4) is 0 Å². The number of nitrogens with one attached hydrogen (secondary N) is 1. The smallest absolute Gasteiger partial charge is 0.242 e. The van der Waals surface area contributed by atoms with Gasteiger partial charge in [-0.15, -0.1) is 0 Å². The van der Waals surface area contributed by atoms with E-state index in [1.54, 1.807) is 43.3 Å². The number of carbonyl (C=O) groups excluding carboxylic acids is 2. The molecule has 4 nitrogen and oxygen atoms in total. The molecule has 0 aliphatic carbocycles.